The van der Waals surface area contributed by atoms with Crippen molar-refractivity contribution in [2.24, 2.45) is 0 Å². The quantitative estimate of drug-likeness (QED) is 0.638. The number of hydrogen-bond donors (Lipinski definition) is 1. The largest absolute Gasteiger partial charge is 0.399 e. The molecular weight excluding hydrogens is 318 g/mol. The Hall–Kier alpha value is -3.15. The number of carbonyl (C=O) groups is 3. The lowest BCUT2D eigenvalue weighted by atomic mass is 10.1. The third-order valence-corrected chi connectivity index (χ3v) is 4.28. The maximum Gasteiger partial charge on any atom is 0.323 e. The van der Waals surface area contributed by atoms with Gasteiger partial charge in [0.1, 0.15) is 0 Å². The Kier molecular flexibility index (Phi) is 4.27. The first-order valence-electron chi connectivity index (χ1n) is 8.02. The van der Waals surface area contributed by atoms with Crippen LogP contribution < -0.4 is 15.5 Å². The molecule has 0 saturated heterocycles. The van der Waals surface area contributed by atoms with Crippen molar-refractivity contribution in [2.45, 2.75) is 26.3 Å². The molecule has 3 amide bonds. The van der Waals surface area contributed by atoms with Crippen molar-refractivity contribution in [2.75, 3.05) is 15.5 Å². The number of anilines is 3. The van der Waals surface area contributed by atoms with E-state index in [4.69, 9.17) is 5.73 Å². The Morgan fingerprint density at radius 2 is 1.72 bits per heavy atom. The Morgan fingerprint density at radius 3 is 2.36 bits per heavy atom. The molecule has 1 aliphatic heterocycles. The summed E-state index contributed by atoms with van der Waals surface area (Å²) in [6.07, 6.45) is 0.678. The summed E-state index contributed by atoms with van der Waals surface area (Å²) in [5.74, 6) is -2.12. The number of para-hydroxylation sites is 1. The minimum Gasteiger partial charge on any atom is -0.399 e. The molecule has 1 aliphatic rings. The first-order chi connectivity index (χ1) is 11.9. The number of nitrogen functional groups attached to an aromatic ring is 1. The molecule has 0 saturated carbocycles. The van der Waals surface area contributed by atoms with E-state index in [1.807, 2.05) is 31.2 Å². The zero-order valence-electron chi connectivity index (χ0n) is 14.1. The van der Waals surface area contributed by atoms with Crippen LogP contribution in [0.5, 0.6) is 0 Å². The number of carbonyl (C=O) groups excluding carboxylic acids is 3. The van der Waals surface area contributed by atoms with Gasteiger partial charge in [0.05, 0.1) is 5.69 Å². The summed E-state index contributed by atoms with van der Waals surface area (Å²) >= 11 is 0. The maximum atomic E-state index is 12.9. The topological polar surface area (TPSA) is 83.7 Å². The second-order valence-electron chi connectivity index (χ2n) is 6.11. The van der Waals surface area contributed by atoms with Gasteiger partial charge in [0.25, 0.3) is 0 Å². The van der Waals surface area contributed by atoms with Crippen LogP contribution in [-0.4, -0.2) is 23.8 Å². The van der Waals surface area contributed by atoms with Gasteiger partial charge in [-0.2, -0.15) is 0 Å². The fourth-order valence-corrected chi connectivity index (χ4v) is 3.14. The minimum atomic E-state index is -0.874. The van der Waals surface area contributed by atoms with E-state index in [9.17, 15) is 14.4 Å². The number of benzene rings is 2. The molecule has 2 N–H and O–H groups in total. The average molecular weight is 337 g/mol. The average Bonchev–Trinajstić information content (AvgIpc) is 2.91. The minimum absolute atomic E-state index is 0.144. The SMILES string of the molecule is CC(=O)N(C(=O)C(=O)N1c2ccccc2CC1C)c1ccc(N)cc1. The molecule has 1 atom stereocenters. The lowest BCUT2D eigenvalue weighted by Crippen LogP contribution is -2.49. The molecular formula is C19H19N3O3. The lowest BCUT2D eigenvalue weighted by Gasteiger charge is -2.25. The molecule has 0 fully saturated rings. The normalized spacial score (nSPS) is 15.6. The van der Waals surface area contributed by atoms with Crippen molar-refractivity contribution in [1.82, 2.24) is 0 Å². The summed E-state index contributed by atoms with van der Waals surface area (Å²) in [4.78, 5) is 40.0. The maximum absolute atomic E-state index is 12.9. The molecule has 1 unspecified atom stereocenters. The van der Waals surface area contributed by atoms with Crippen LogP contribution in [-0.2, 0) is 20.8 Å². The molecule has 1 heterocycles. The second-order valence-corrected chi connectivity index (χ2v) is 6.11. The molecule has 0 radical (unpaired) electrons. The molecule has 6 heteroatoms. The predicted octanol–water partition coefficient (Wildman–Crippen LogP) is 2.13. The van der Waals surface area contributed by atoms with Gasteiger partial charge >= 0.3 is 11.8 Å². The van der Waals surface area contributed by atoms with E-state index in [-0.39, 0.29) is 6.04 Å². The number of nitrogens with two attached hydrogens (primary N) is 1. The van der Waals surface area contributed by atoms with E-state index in [0.717, 1.165) is 10.5 Å². The third kappa shape index (κ3) is 2.98. The van der Waals surface area contributed by atoms with Crippen LogP contribution in [0.1, 0.15) is 19.4 Å². The molecule has 2 aromatic carbocycles. The first-order valence-corrected chi connectivity index (χ1v) is 8.02. The Morgan fingerprint density at radius 1 is 1.08 bits per heavy atom. The molecule has 3 rings (SSSR count). The van der Waals surface area contributed by atoms with Crippen molar-refractivity contribution in [3.05, 3.63) is 54.1 Å². The fourth-order valence-electron chi connectivity index (χ4n) is 3.14. The highest BCUT2D eigenvalue weighted by Gasteiger charge is 2.37. The van der Waals surface area contributed by atoms with E-state index >= 15 is 0 Å². The van der Waals surface area contributed by atoms with Gasteiger partial charge in [-0.1, -0.05) is 18.2 Å². The van der Waals surface area contributed by atoms with Gasteiger partial charge < -0.3 is 10.6 Å². The Balaban J connectivity index is 1.94. The van der Waals surface area contributed by atoms with Crippen molar-refractivity contribution >= 4 is 34.8 Å². The number of fused-ring (bicyclic) bond motifs is 1. The van der Waals surface area contributed by atoms with Gasteiger partial charge in [-0.3, -0.25) is 14.4 Å². The van der Waals surface area contributed by atoms with E-state index in [2.05, 4.69) is 0 Å². The number of imide groups is 1. The van der Waals surface area contributed by atoms with Crippen molar-refractivity contribution in [3.8, 4) is 0 Å². The standard InChI is InChI=1S/C19H19N3O3/c1-12-11-14-5-3-4-6-17(14)21(12)18(24)19(25)22(13(2)23)16-9-7-15(20)8-10-16/h3-10,12H,11,20H2,1-2H3. The highest BCUT2D eigenvalue weighted by molar-refractivity contribution is 6.49. The van der Waals surface area contributed by atoms with Crippen LogP contribution in [0.25, 0.3) is 0 Å². The van der Waals surface area contributed by atoms with Gasteiger partial charge in [0.2, 0.25) is 5.91 Å². The van der Waals surface area contributed by atoms with Crippen LogP contribution in [0, 0.1) is 0 Å². The van der Waals surface area contributed by atoms with Crippen LogP contribution in [0.3, 0.4) is 0 Å². The first kappa shape index (κ1) is 16.7. The molecule has 0 aromatic heterocycles. The summed E-state index contributed by atoms with van der Waals surface area (Å²) < 4.78 is 0. The van der Waals surface area contributed by atoms with Crippen LogP contribution in [0.4, 0.5) is 17.1 Å². The Labute approximate surface area is 145 Å². The van der Waals surface area contributed by atoms with Gasteiger partial charge in [0, 0.05) is 24.3 Å². The fraction of sp³-hybridized carbons (Fsp3) is 0.211. The molecule has 128 valence electrons. The second kappa shape index (κ2) is 6.39. The monoisotopic (exact) mass is 337 g/mol. The predicted molar refractivity (Wildman–Crippen MR) is 96.1 cm³/mol. The van der Waals surface area contributed by atoms with Crippen LogP contribution in [0.2, 0.25) is 0 Å². The number of rotatable bonds is 1. The number of hydrogen-bond acceptors (Lipinski definition) is 4. The molecule has 6 nitrogen and oxygen atoms in total. The highest BCUT2D eigenvalue weighted by Crippen LogP contribution is 2.32. The van der Waals surface area contributed by atoms with Crippen LogP contribution >= 0.6 is 0 Å². The van der Waals surface area contributed by atoms with Gasteiger partial charge in [-0.15, -0.1) is 0 Å². The number of nitrogens with zero attached hydrogens (tertiary/aromatic N) is 2. The summed E-state index contributed by atoms with van der Waals surface area (Å²) in [7, 11) is 0. The Bertz CT molecular complexity index is 845. The molecule has 0 aliphatic carbocycles. The van der Waals surface area contributed by atoms with Gasteiger partial charge in [-0.05, 0) is 49.2 Å². The lowest BCUT2D eigenvalue weighted by molar-refractivity contribution is -0.138. The van der Waals surface area contributed by atoms with Crippen molar-refractivity contribution < 1.29 is 14.4 Å². The van der Waals surface area contributed by atoms with Gasteiger partial charge in [-0.25, -0.2) is 4.90 Å². The summed E-state index contributed by atoms with van der Waals surface area (Å²) in [5.41, 5.74) is 8.20. The van der Waals surface area contributed by atoms with Crippen LogP contribution in [0.15, 0.2) is 48.5 Å². The van der Waals surface area contributed by atoms with Crippen molar-refractivity contribution in [1.29, 1.82) is 0 Å². The number of amides is 3. The molecule has 0 bridgehead atoms. The van der Waals surface area contributed by atoms with Crippen molar-refractivity contribution in [3.63, 3.8) is 0 Å². The highest BCUT2D eigenvalue weighted by atomic mass is 16.2. The molecule has 25 heavy (non-hydrogen) atoms. The summed E-state index contributed by atoms with van der Waals surface area (Å²) in [5, 5.41) is 0. The van der Waals surface area contributed by atoms with E-state index in [1.165, 1.54) is 11.8 Å². The zero-order chi connectivity index (χ0) is 18.1. The third-order valence-electron chi connectivity index (χ3n) is 4.28. The molecule has 2 aromatic rings. The summed E-state index contributed by atoms with van der Waals surface area (Å²) in [6.45, 7) is 3.13. The smallest absolute Gasteiger partial charge is 0.323 e. The zero-order valence-corrected chi connectivity index (χ0v) is 14.1. The summed E-state index contributed by atoms with van der Waals surface area (Å²) in [6, 6.07) is 13.6. The van der Waals surface area contributed by atoms with E-state index < -0.39 is 17.7 Å². The van der Waals surface area contributed by atoms with Gasteiger partial charge in [0.15, 0.2) is 0 Å². The van der Waals surface area contributed by atoms with E-state index in [0.29, 0.717) is 23.5 Å². The van der Waals surface area contributed by atoms with E-state index in [1.54, 1.807) is 24.3 Å². The molecule has 0 spiro atoms.